The van der Waals surface area contributed by atoms with Crippen LogP contribution in [0.5, 0.6) is 0 Å². The van der Waals surface area contributed by atoms with Crippen molar-refractivity contribution in [3.63, 3.8) is 0 Å². The van der Waals surface area contributed by atoms with Crippen LogP contribution < -0.4 is 15.1 Å². The summed E-state index contributed by atoms with van der Waals surface area (Å²) in [6.07, 6.45) is 6.76. The van der Waals surface area contributed by atoms with Crippen LogP contribution in [0.4, 0.5) is 11.8 Å². The van der Waals surface area contributed by atoms with Crippen LogP contribution in [-0.4, -0.2) is 61.8 Å². The average Bonchev–Trinajstić information content (AvgIpc) is 2.82. The Kier molecular flexibility index (Phi) is 4.73. The minimum Gasteiger partial charge on any atom is -0.372 e. The van der Waals surface area contributed by atoms with E-state index >= 15 is 0 Å². The number of hydrogen-bond acceptors (Lipinski definition) is 6. The van der Waals surface area contributed by atoms with Crippen molar-refractivity contribution in [1.29, 1.82) is 0 Å². The van der Waals surface area contributed by atoms with Gasteiger partial charge in [0.15, 0.2) is 0 Å². The Labute approximate surface area is 155 Å². The molecule has 2 aliphatic heterocycles. The quantitative estimate of drug-likeness (QED) is 0.858. The lowest BCUT2D eigenvalue weighted by Gasteiger charge is -2.41. The summed E-state index contributed by atoms with van der Waals surface area (Å²) in [6, 6.07) is 0. The van der Waals surface area contributed by atoms with Crippen LogP contribution in [-0.2, 0) is 22.4 Å². The van der Waals surface area contributed by atoms with Gasteiger partial charge in [0.05, 0.1) is 24.3 Å². The molecule has 3 heterocycles. The summed E-state index contributed by atoms with van der Waals surface area (Å²) in [5, 5.41) is 2.92. The first-order valence-electron chi connectivity index (χ1n) is 9.79. The highest BCUT2D eigenvalue weighted by Gasteiger charge is 2.39. The Bertz CT molecular complexity index is 683. The minimum atomic E-state index is -0.297. The highest BCUT2D eigenvalue weighted by Crippen LogP contribution is 2.36. The first-order chi connectivity index (χ1) is 12.6. The zero-order valence-electron chi connectivity index (χ0n) is 15.9. The van der Waals surface area contributed by atoms with Crippen molar-refractivity contribution in [2.24, 2.45) is 0 Å². The molecular formula is C19H29N5O2. The van der Waals surface area contributed by atoms with Crippen LogP contribution in [0.2, 0.25) is 0 Å². The molecule has 0 aromatic carbocycles. The molecule has 0 radical (unpaired) electrons. The summed E-state index contributed by atoms with van der Waals surface area (Å²) in [5.41, 5.74) is 2.25. The van der Waals surface area contributed by atoms with E-state index in [1.54, 1.807) is 0 Å². The second-order valence-corrected chi connectivity index (χ2v) is 7.92. The third kappa shape index (κ3) is 3.37. The number of piperidine rings is 1. The molecule has 7 heteroatoms. The van der Waals surface area contributed by atoms with E-state index in [-0.39, 0.29) is 11.5 Å². The first kappa shape index (κ1) is 17.5. The van der Waals surface area contributed by atoms with Gasteiger partial charge in [0.25, 0.3) is 0 Å². The topological polar surface area (TPSA) is 70.6 Å². The first-order valence-corrected chi connectivity index (χ1v) is 9.79. The lowest BCUT2D eigenvalue weighted by Crippen LogP contribution is -2.47. The molecule has 3 aliphatic rings. The van der Waals surface area contributed by atoms with Gasteiger partial charge in [0.2, 0.25) is 11.9 Å². The molecule has 2 saturated heterocycles. The summed E-state index contributed by atoms with van der Waals surface area (Å²) < 4.78 is 6.11. The van der Waals surface area contributed by atoms with E-state index in [1.807, 2.05) is 19.0 Å². The largest absolute Gasteiger partial charge is 0.372 e. The molecule has 1 amide bonds. The molecule has 0 unspecified atom stereocenters. The smallest absolute Gasteiger partial charge is 0.227 e. The maximum Gasteiger partial charge on any atom is 0.227 e. The zero-order valence-corrected chi connectivity index (χ0v) is 15.9. The summed E-state index contributed by atoms with van der Waals surface area (Å²) >= 11 is 0. The van der Waals surface area contributed by atoms with E-state index in [1.165, 1.54) is 24.1 Å². The zero-order chi connectivity index (χ0) is 18.1. The SMILES string of the molecule is CN(C)c1nc2c(c(N3CCC4(CC3)CC(=O)NCCO4)n1)CCCC2. The van der Waals surface area contributed by atoms with Crippen LogP contribution in [0, 0.1) is 0 Å². The van der Waals surface area contributed by atoms with E-state index in [9.17, 15) is 4.79 Å². The normalized spacial score (nSPS) is 22.5. The van der Waals surface area contributed by atoms with E-state index < -0.39 is 0 Å². The highest BCUT2D eigenvalue weighted by atomic mass is 16.5. The number of fused-ring (bicyclic) bond motifs is 1. The van der Waals surface area contributed by atoms with Crippen molar-refractivity contribution in [3.8, 4) is 0 Å². The Morgan fingerprint density at radius 2 is 1.92 bits per heavy atom. The van der Waals surface area contributed by atoms with Crippen LogP contribution in [0.1, 0.15) is 43.4 Å². The van der Waals surface area contributed by atoms with E-state index in [0.29, 0.717) is 19.6 Å². The van der Waals surface area contributed by atoms with Crippen molar-refractivity contribution >= 4 is 17.7 Å². The third-order valence-corrected chi connectivity index (χ3v) is 5.84. The number of ether oxygens (including phenoxy) is 1. The fraction of sp³-hybridized carbons (Fsp3) is 0.737. The second kappa shape index (κ2) is 7.02. The fourth-order valence-corrected chi connectivity index (χ4v) is 4.33. The van der Waals surface area contributed by atoms with E-state index in [4.69, 9.17) is 14.7 Å². The van der Waals surface area contributed by atoms with Crippen molar-refractivity contribution in [2.45, 2.75) is 50.5 Å². The molecule has 7 nitrogen and oxygen atoms in total. The molecule has 0 saturated carbocycles. The predicted octanol–water partition coefficient (Wildman–Crippen LogP) is 1.30. The van der Waals surface area contributed by atoms with Crippen LogP contribution in [0.3, 0.4) is 0 Å². The van der Waals surface area contributed by atoms with E-state index in [0.717, 1.165) is 50.5 Å². The lowest BCUT2D eigenvalue weighted by molar-refractivity contribution is -0.126. The summed E-state index contributed by atoms with van der Waals surface area (Å²) in [4.78, 5) is 26.0. The Morgan fingerprint density at radius 3 is 2.69 bits per heavy atom. The number of carbonyl (C=O) groups is 1. The molecule has 1 aromatic rings. The van der Waals surface area contributed by atoms with Gasteiger partial charge in [-0.2, -0.15) is 4.98 Å². The van der Waals surface area contributed by atoms with Crippen molar-refractivity contribution in [2.75, 3.05) is 50.1 Å². The summed E-state index contributed by atoms with van der Waals surface area (Å²) in [7, 11) is 4.00. The third-order valence-electron chi connectivity index (χ3n) is 5.84. The maximum atomic E-state index is 12.0. The fourth-order valence-electron chi connectivity index (χ4n) is 4.33. The van der Waals surface area contributed by atoms with Gasteiger partial charge >= 0.3 is 0 Å². The van der Waals surface area contributed by atoms with Crippen LogP contribution in [0.15, 0.2) is 0 Å². The number of rotatable bonds is 2. The Morgan fingerprint density at radius 1 is 1.15 bits per heavy atom. The Hall–Kier alpha value is -1.89. The van der Waals surface area contributed by atoms with Crippen LogP contribution >= 0.6 is 0 Å². The number of aryl methyl sites for hydroxylation is 1. The van der Waals surface area contributed by atoms with Crippen molar-refractivity contribution in [3.05, 3.63) is 11.3 Å². The summed E-state index contributed by atoms with van der Waals surface area (Å²) in [5.74, 6) is 2.02. The highest BCUT2D eigenvalue weighted by molar-refractivity contribution is 5.77. The molecule has 1 spiro atoms. The Balaban J connectivity index is 1.57. The maximum absolute atomic E-state index is 12.0. The molecule has 1 aromatic heterocycles. The average molecular weight is 359 g/mol. The van der Waals surface area contributed by atoms with Gasteiger partial charge in [-0.15, -0.1) is 0 Å². The minimum absolute atomic E-state index is 0.116. The van der Waals surface area contributed by atoms with Gasteiger partial charge in [-0.25, -0.2) is 4.98 Å². The number of hydrogen-bond donors (Lipinski definition) is 1. The molecule has 2 fully saturated rings. The van der Waals surface area contributed by atoms with Gasteiger partial charge in [-0.3, -0.25) is 4.79 Å². The predicted molar refractivity (Wildman–Crippen MR) is 101 cm³/mol. The molecule has 0 atom stereocenters. The molecule has 4 rings (SSSR count). The number of nitrogens with zero attached hydrogens (tertiary/aromatic N) is 4. The standard InChI is InChI=1S/C19H29N5O2/c1-23(2)18-21-15-6-4-3-5-14(15)17(22-18)24-10-7-19(8-11-24)13-16(25)20-9-12-26-19/h3-13H2,1-2H3,(H,20,25). The van der Waals surface area contributed by atoms with Gasteiger partial charge in [0.1, 0.15) is 5.82 Å². The molecule has 1 N–H and O–H groups in total. The number of anilines is 2. The number of nitrogens with one attached hydrogen (secondary N) is 1. The van der Waals surface area contributed by atoms with Crippen molar-refractivity contribution in [1.82, 2.24) is 15.3 Å². The monoisotopic (exact) mass is 359 g/mol. The van der Waals surface area contributed by atoms with Gasteiger partial charge in [0, 0.05) is 39.3 Å². The molecular weight excluding hydrogens is 330 g/mol. The number of amides is 1. The van der Waals surface area contributed by atoms with Gasteiger partial charge < -0.3 is 19.9 Å². The van der Waals surface area contributed by atoms with E-state index in [2.05, 4.69) is 10.2 Å². The van der Waals surface area contributed by atoms with Crippen LogP contribution in [0.25, 0.3) is 0 Å². The lowest BCUT2D eigenvalue weighted by atomic mass is 9.87. The molecule has 0 bridgehead atoms. The number of carbonyl (C=O) groups excluding carboxylic acids is 1. The van der Waals surface area contributed by atoms with Gasteiger partial charge in [-0.1, -0.05) is 0 Å². The second-order valence-electron chi connectivity index (χ2n) is 7.92. The molecule has 142 valence electrons. The number of aromatic nitrogens is 2. The van der Waals surface area contributed by atoms with Crippen molar-refractivity contribution < 1.29 is 9.53 Å². The van der Waals surface area contributed by atoms with Gasteiger partial charge in [-0.05, 0) is 38.5 Å². The molecule has 1 aliphatic carbocycles. The summed E-state index contributed by atoms with van der Waals surface area (Å²) in [6.45, 7) is 2.99. The molecule has 26 heavy (non-hydrogen) atoms.